The van der Waals surface area contributed by atoms with Gasteiger partial charge in [0.2, 0.25) is 6.54 Å². The van der Waals surface area contributed by atoms with Crippen molar-refractivity contribution in [2.45, 2.75) is 37.9 Å². The molecule has 0 saturated carbocycles. The van der Waals surface area contributed by atoms with E-state index in [0.717, 1.165) is 26.1 Å². The van der Waals surface area contributed by atoms with Gasteiger partial charge in [-0.15, -0.1) is 0 Å². The number of nitro groups is 1. The van der Waals surface area contributed by atoms with Gasteiger partial charge in [-0.25, -0.2) is 4.39 Å². The minimum absolute atomic E-state index is 0.261. The number of rotatable bonds is 12. The van der Waals surface area contributed by atoms with E-state index in [1.165, 1.54) is 39.5 Å². The molecule has 3 rings (SSSR count). The Morgan fingerprint density at radius 3 is 2.42 bits per heavy atom. The van der Waals surface area contributed by atoms with Crippen LogP contribution in [-0.4, -0.2) is 56.8 Å². The lowest BCUT2D eigenvalue weighted by Crippen LogP contribution is -2.31. The number of methoxy groups -OCH3 is 2. The van der Waals surface area contributed by atoms with Crippen molar-refractivity contribution in [2.24, 2.45) is 0 Å². The monoisotopic (exact) mass is 460 g/mol. The number of piperidine rings is 1. The summed E-state index contributed by atoms with van der Waals surface area (Å²) in [4.78, 5) is 13.5. The van der Waals surface area contributed by atoms with Crippen molar-refractivity contribution in [3.8, 4) is 5.75 Å². The predicted octanol–water partition coefficient (Wildman–Crippen LogP) is 4.78. The zero-order valence-corrected chi connectivity index (χ0v) is 19.4. The van der Waals surface area contributed by atoms with Gasteiger partial charge < -0.3 is 19.1 Å². The summed E-state index contributed by atoms with van der Waals surface area (Å²) in [6, 6.07) is 11.4. The molecule has 1 saturated heterocycles. The number of hydrogen-bond acceptors (Lipinski definition) is 6. The van der Waals surface area contributed by atoms with Crippen LogP contribution in [0.5, 0.6) is 5.75 Å². The Morgan fingerprint density at radius 1 is 1.03 bits per heavy atom. The van der Waals surface area contributed by atoms with Gasteiger partial charge in [-0.3, -0.25) is 10.1 Å². The summed E-state index contributed by atoms with van der Waals surface area (Å²) in [5, 5.41) is 11.5. The summed E-state index contributed by atoms with van der Waals surface area (Å²) in [5.41, 5.74) is 1.42. The maximum absolute atomic E-state index is 14.6. The molecule has 7 nitrogen and oxygen atoms in total. The number of benzene rings is 2. The van der Waals surface area contributed by atoms with Crippen molar-refractivity contribution >= 4 is 0 Å². The molecule has 0 bridgehead atoms. The smallest absolute Gasteiger partial charge is 0.214 e. The molecule has 0 N–H and O–H groups in total. The van der Waals surface area contributed by atoms with E-state index in [2.05, 4.69) is 4.90 Å². The molecular weight excluding hydrogens is 427 g/mol. The average molecular weight is 461 g/mol. The van der Waals surface area contributed by atoms with Crippen LogP contribution in [0, 0.1) is 15.9 Å². The molecule has 1 heterocycles. The number of ether oxygens (including phenoxy) is 3. The molecule has 0 spiro atoms. The highest BCUT2D eigenvalue weighted by molar-refractivity contribution is 5.43. The average Bonchev–Trinajstić information content (AvgIpc) is 2.82. The molecule has 33 heavy (non-hydrogen) atoms. The molecule has 1 atom stereocenters. The summed E-state index contributed by atoms with van der Waals surface area (Å²) in [6.07, 6.45) is 3.97. The second-order valence-corrected chi connectivity index (χ2v) is 8.29. The third-order valence-corrected chi connectivity index (χ3v) is 6.06. The third kappa shape index (κ3) is 6.96. The van der Waals surface area contributed by atoms with Crippen LogP contribution < -0.4 is 4.74 Å². The molecular formula is C25H33FN2O5. The van der Waals surface area contributed by atoms with Crippen LogP contribution in [-0.2, 0) is 9.47 Å². The van der Waals surface area contributed by atoms with Crippen molar-refractivity contribution in [3.05, 3.63) is 75.1 Å². The van der Waals surface area contributed by atoms with Gasteiger partial charge >= 0.3 is 0 Å². The van der Waals surface area contributed by atoms with E-state index in [1.54, 1.807) is 36.4 Å². The number of likely N-dealkylation sites (tertiary alicyclic amines) is 1. The topological polar surface area (TPSA) is 74.1 Å². The lowest BCUT2D eigenvalue weighted by Gasteiger charge is -2.26. The zero-order valence-electron chi connectivity index (χ0n) is 19.4. The molecule has 0 amide bonds. The van der Waals surface area contributed by atoms with Crippen molar-refractivity contribution in [2.75, 3.05) is 47.0 Å². The van der Waals surface area contributed by atoms with Gasteiger partial charge in [-0.1, -0.05) is 30.7 Å². The summed E-state index contributed by atoms with van der Waals surface area (Å²) >= 11 is 0. The fraction of sp³-hybridized carbons (Fsp3) is 0.520. The van der Waals surface area contributed by atoms with Gasteiger partial charge in [0, 0.05) is 36.8 Å². The van der Waals surface area contributed by atoms with E-state index in [0.29, 0.717) is 23.5 Å². The highest BCUT2D eigenvalue weighted by Gasteiger charge is 2.28. The molecule has 1 unspecified atom stereocenters. The minimum Gasteiger partial charge on any atom is -0.494 e. The minimum atomic E-state index is -0.794. The first-order valence-electron chi connectivity index (χ1n) is 11.4. The standard InChI is InChI=1S/C25H33FN2O5/c1-31-25(32-2)22-17-19(33-16-8-15-27-13-6-3-7-14-27)11-12-20(22)23(18-28(29)30)21-9-4-5-10-24(21)26/h4-5,9-12,17,23,25H,3,6-8,13-16,18H2,1-2H3. The van der Waals surface area contributed by atoms with E-state index in [9.17, 15) is 14.5 Å². The first-order chi connectivity index (χ1) is 16.0. The molecule has 0 radical (unpaired) electrons. The molecule has 1 fully saturated rings. The van der Waals surface area contributed by atoms with Crippen molar-refractivity contribution in [3.63, 3.8) is 0 Å². The van der Waals surface area contributed by atoms with Crippen LogP contribution in [0.3, 0.4) is 0 Å². The van der Waals surface area contributed by atoms with Crippen LogP contribution >= 0.6 is 0 Å². The van der Waals surface area contributed by atoms with Gasteiger partial charge in [0.05, 0.1) is 12.5 Å². The number of hydrogen-bond donors (Lipinski definition) is 0. The van der Waals surface area contributed by atoms with Crippen molar-refractivity contribution in [1.29, 1.82) is 0 Å². The van der Waals surface area contributed by atoms with Crippen LogP contribution in [0.2, 0.25) is 0 Å². The van der Waals surface area contributed by atoms with Crippen LogP contribution in [0.25, 0.3) is 0 Å². The molecule has 180 valence electrons. The second-order valence-electron chi connectivity index (χ2n) is 8.29. The SMILES string of the molecule is COC(OC)c1cc(OCCCN2CCCCC2)ccc1C(C[N+](=O)[O-])c1ccccc1F. The molecule has 2 aromatic rings. The summed E-state index contributed by atoms with van der Waals surface area (Å²) < 4.78 is 31.5. The van der Waals surface area contributed by atoms with E-state index in [4.69, 9.17) is 14.2 Å². The predicted molar refractivity (Wildman–Crippen MR) is 124 cm³/mol. The summed E-state index contributed by atoms with van der Waals surface area (Å²) in [7, 11) is 2.99. The first kappa shape index (κ1) is 25.1. The fourth-order valence-corrected chi connectivity index (χ4v) is 4.45. The van der Waals surface area contributed by atoms with Crippen LogP contribution in [0.4, 0.5) is 4.39 Å². The highest BCUT2D eigenvalue weighted by Crippen LogP contribution is 2.35. The fourth-order valence-electron chi connectivity index (χ4n) is 4.45. The molecule has 2 aromatic carbocycles. The lowest BCUT2D eigenvalue weighted by molar-refractivity contribution is -0.481. The van der Waals surface area contributed by atoms with Gasteiger partial charge in [0.1, 0.15) is 11.6 Å². The Hall–Kier alpha value is -2.55. The van der Waals surface area contributed by atoms with Crippen LogP contribution in [0.1, 0.15) is 54.6 Å². The molecule has 8 heteroatoms. The van der Waals surface area contributed by atoms with E-state index >= 15 is 0 Å². The normalized spacial score (nSPS) is 15.5. The highest BCUT2D eigenvalue weighted by atomic mass is 19.1. The summed E-state index contributed by atoms with van der Waals surface area (Å²) in [5.74, 6) is -0.656. The van der Waals surface area contributed by atoms with Crippen molar-refractivity contribution in [1.82, 2.24) is 4.90 Å². The number of halogens is 1. The molecule has 1 aliphatic rings. The maximum Gasteiger partial charge on any atom is 0.214 e. The Labute approximate surface area is 194 Å². The van der Waals surface area contributed by atoms with Gasteiger partial charge in [-0.2, -0.15) is 0 Å². The number of nitrogens with zero attached hydrogens (tertiary/aromatic N) is 2. The van der Waals surface area contributed by atoms with E-state index in [-0.39, 0.29) is 5.56 Å². The third-order valence-electron chi connectivity index (χ3n) is 6.06. The zero-order chi connectivity index (χ0) is 23.6. The molecule has 0 aliphatic carbocycles. The van der Waals surface area contributed by atoms with Crippen molar-refractivity contribution < 1.29 is 23.5 Å². The van der Waals surface area contributed by atoms with Gasteiger partial charge in [0.15, 0.2) is 6.29 Å². The van der Waals surface area contributed by atoms with Gasteiger partial charge in [0.25, 0.3) is 0 Å². The maximum atomic E-state index is 14.6. The first-order valence-corrected chi connectivity index (χ1v) is 11.4. The Kier molecular flexibility index (Phi) is 9.60. The molecule has 0 aromatic heterocycles. The second kappa shape index (κ2) is 12.6. The summed E-state index contributed by atoms with van der Waals surface area (Å²) in [6.45, 7) is 3.41. The van der Waals surface area contributed by atoms with Gasteiger partial charge in [-0.05, 0) is 56.1 Å². The largest absolute Gasteiger partial charge is 0.494 e. The molecule has 1 aliphatic heterocycles. The lowest BCUT2D eigenvalue weighted by atomic mass is 9.87. The Bertz CT molecular complexity index is 900. The van der Waals surface area contributed by atoms with Crippen LogP contribution in [0.15, 0.2) is 42.5 Å². The quantitative estimate of drug-likeness (QED) is 0.196. The Morgan fingerprint density at radius 2 is 1.76 bits per heavy atom. The van der Waals surface area contributed by atoms with E-state index < -0.39 is 29.5 Å². The Balaban J connectivity index is 1.82. The van der Waals surface area contributed by atoms with E-state index in [1.807, 2.05) is 0 Å².